The van der Waals surface area contributed by atoms with E-state index in [1.807, 2.05) is 6.07 Å². The summed E-state index contributed by atoms with van der Waals surface area (Å²) in [4.78, 5) is 22.4. The summed E-state index contributed by atoms with van der Waals surface area (Å²) in [6.45, 7) is 0. The van der Waals surface area contributed by atoms with Gasteiger partial charge in [-0.05, 0) is 17.7 Å². The SMILES string of the molecule is N#CC(=Cc1ccc(Cl)c([N+](=O)[O-])c1)C(=O)c1ccccc1. The van der Waals surface area contributed by atoms with Crippen LogP contribution in [0.4, 0.5) is 5.69 Å². The zero-order valence-electron chi connectivity index (χ0n) is 11.2. The third-order valence-corrected chi connectivity index (χ3v) is 3.20. The van der Waals surface area contributed by atoms with Gasteiger partial charge in [-0.25, -0.2) is 0 Å². The standard InChI is InChI=1S/C16H9ClN2O3/c17-14-7-6-11(9-15(14)19(21)22)8-13(10-18)16(20)12-4-2-1-3-5-12/h1-9H. The van der Waals surface area contributed by atoms with Gasteiger partial charge in [0, 0.05) is 11.6 Å². The molecule has 2 rings (SSSR count). The van der Waals surface area contributed by atoms with Gasteiger partial charge in [0.1, 0.15) is 16.7 Å². The second-order valence-electron chi connectivity index (χ2n) is 4.33. The lowest BCUT2D eigenvalue weighted by Crippen LogP contribution is -2.01. The first kappa shape index (κ1) is 15.4. The van der Waals surface area contributed by atoms with Gasteiger partial charge in [0.05, 0.1) is 4.92 Å². The number of Topliss-reactive ketones (excluding diaryl/α,β-unsaturated/α-hetero) is 1. The van der Waals surface area contributed by atoms with Crippen LogP contribution in [0.5, 0.6) is 0 Å². The minimum Gasteiger partial charge on any atom is -0.288 e. The summed E-state index contributed by atoms with van der Waals surface area (Å²) in [6.07, 6.45) is 1.30. The number of nitrogens with zero attached hydrogens (tertiary/aromatic N) is 2. The molecule has 0 fully saturated rings. The summed E-state index contributed by atoms with van der Waals surface area (Å²) in [7, 11) is 0. The molecule has 0 bridgehead atoms. The van der Waals surface area contributed by atoms with E-state index in [-0.39, 0.29) is 16.3 Å². The predicted molar refractivity (Wildman–Crippen MR) is 82.5 cm³/mol. The number of hydrogen-bond acceptors (Lipinski definition) is 4. The van der Waals surface area contributed by atoms with Gasteiger partial charge in [-0.3, -0.25) is 14.9 Å². The number of nitro benzene ring substituents is 1. The van der Waals surface area contributed by atoms with Crippen molar-refractivity contribution in [3.05, 3.63) is 80.4 Å². The second-order valence-corrected chi connectivity index (χ2v) is 4.74. The van der Waals surface area contributed by atoms with Crippen LogP contribution in [0.3, 0.4) is 0 Å². The van der Waals surface area contributed by atoms with Crippen LogP contribution in [0.25, 0.3) is 6.08 Å². The van der Waals surface area contributed by atoms with Crippen molar-refractivity contribution in [1.29, 1.82) is 5.26 Å². The Bertz CT molecular complexity index is 808. The normalized spacial score (nSPS) is 10.8. The molecule has 0 aliphatic rings. The smallest absolute Gasteiger partial charge is 0.288 e. The zero-order chi connectivity index (χ0) is 16.1. The van der Waals surface area contributed by atoms with Crippen molar-refractivity contribution in [1.82, 2.24) is 0 Å². The molecule has 0 unspecified atom stereocenters. The maximum atomic E-state index is 12.2. The van der Waals surface area contributed by atoms with Gasteiger partial charge < -0.3 is 0 Å². The summed E-state index contributed by atoms with van der Waals surface area (Å²) in [5, 5.41) is 20.0. The summed E-state index contributed by atoms with van der Waals surface area (Å²) in [6, 6.07) is 14.2. The second kappa shape index (κ2) is 6.66. The first-order valence-corrected chi connectivity index (χ1v) is 6.56. The van der Waals surface area contributed by atoms with Crippen molar-refractivity contribution in [2.24, 2.45) is 0 Å². The van der Waals surface area contributed by atoms with E-state index >= 15 is 0 Å². The number of carbonyl (C=O) groups excluding carboxylic acids is 1. The topological polar surface area (TPSA) is 84.0 Å². The Kier molecular flexibility index (Phi) is 4.66. The van der Waals surface area contributed by atoms with Gasteiger partial charge in [-0.2, -0.15) is 5.26 Å². The fraction of sp³-hybridized carbons (Fsp3) is 0. The number of carbonyl (C=O) groups is 1. The molecule has 0 aliphatic heterocycles. The van der Waals surface area contributed by atoms with Gasteiger partial charge in [-0.1, -0.05) is 48.0 Å². The first-order valence-electron chi connectivity index (χ1n) is 6.18. The molecule has 0 saturated heterocycles. The van der Waals surface area contributed by atoms with E-state index < -0.39 is 10.7 Å². The summed E-state index contributed by atoms with van der Waals surface area (Å²) in [5.41, 5.74) is 0.346. The molecule has 0 heterocycles. The van der Waals surface area contributed by atoms with Crippen molar-refractivity contribution >= 4 is 29.1 Å². The zero-order valence-corrected chi connectivity index (χ0v) is 11.9. The number of allylic oxidation sites excluding steroid dienone is 1. The third-order valence-electron chi connectivity index (χ3n) is 2.88. The molecule has 0 radical (unpaired) electrons. The number of nitriles is 1. The average Bonchev–Trinajstić information content (AvgIpc) is 2.54. The van der Waals surface area contributed by atoms with Crippen molar-refractivity contribution in [3.8, 4) is 6.07 Å². The van der Waals surface area contributed by atoms with E-state index in [9.17, 15) is 14.9 Å². The van der Waals surface area contributed by atoms with Crippen LogP contribution in [0.1, 0.15) is 15.9 Å². The highest BCUT2D eigenvalue weighted by Crippen LogP contribution is 2.26. The Labute approximate surface area is 131 Å². The number of nitro groups is 1. The lowest BCUT2D eigenvalue weighted by Gasteiger charge is -2.01. The molecular weight excluding hydrogens is 304 g/mol. The molecule has 0 aliphatic carbocycles. The molecule has 2 aromatic carbocycles. The Morgan fingerprint density at radius 1 is 1.23 bits per heavy atom. The highest BCUT2D eigenvalue weighted by molar-refractivity contribution is 6.32. The van der Waals surface area contributed by atoms with Crippen LogP contribution in [-0.2, 0) is 0 Å². The Hall–Kier alpha value is -2.97. The highest BCUT2D eigenvalue weighted by Gasteiger charge is 2.15. The molecule has 22 heavy (non-hydrogen) atoms. The maximum absolute atomic E-state index is 12.2. The van der Waals surface area contributed by atoms with Crippen LogP contribution in [0, 0.1) is 21.4 Å². The quantitative estimate of drug-likeness (QED) is 0.280. The van der Waals surface area contributed by atoms with Crippen LogP contribution < -0.4 is 0 Å². The monoisotopic (exact) mass is 312 g/mol. The Morgan fingerprint density at radius 2 is 1.91 bits per heavy atom. The van der Waals surface area contributed by atoms with E-state index in [0.29, 0.717) is 11.1 Å². The Balaban J connectivity index is 2.42. The van der Waals surface area contributed by atoms with Gasteiger partial charge >= 0.3 is 0 Å². The lowest BCUT2D eigenvalue weighted by atomic mass is 10.0. The van der Waals surface area contributed by atoms with E-state index in [2.05, 4.69) is 0 Å². The number of ketones is 1. The molecule has 2 aromatic rings. The fourth-order valence-corrected chi connectivity index (χ4v) is 2.01. The van der Waals surface area contributed by atoms with Crippen molar-refractivity contribution in [2.75, 3.05) is 0 Å². The summed E-state index contributed by atoms with van der Waals surface area (Å²) < 4.78 is 0. The maximum Gasteiger partial charge on any atom is 0.288 e. The summed E-state index contributed by atoms with van der Waals surface area (Å²) in [5.74, 6) is -0.444. The van der Waals surface area contributed by atoms with E-state index in [1.54, 1.807) is 30.3 Å². The molecule has 0 saturated carbocycles. The van der Waals surface area contributed by atoms with Gasteiger partial charge in [0.2, 0.25) is 5.78 Å². The van der Waals surface area contributed by atoms with Gasteiger partial charge in [0.25, 0.3) is 5.69 Å². The molecule has 0 spiro atoms. The van der Waals surface area contributed by atoms with Crippen molar-refractivity contribution in [2.45, 2.75) is 0 Å². The highest BCUT2D eigenvalue weighted by atomic mass is 35.5. The molecule has 108 valence electrons. The molecule has 5 nitrogen and oxygen atoms in total. The van der Waals surface area contributed by atoms with Gasteiger partial charge in [0.15, 0.2) is 0 Å². The third kappa shape index (κ3) is 3.37. The lowest BCUT2D eigenvalue weighted by molar-refractivity contribution is -0.384. The summed E-state index contributed by atoms with van der Waals surface area (Å²) >= 11 is 5.73. The minimum absolute atomic E-state index is 0.00459. The molecular formula is C16H9ClN2O3. The number of rotatable bonds is 4. The van der Waals surface area contributed by atoms with E-state index in [0.717, 1.165) is 0 Å². The fourth-order valence-electron chi connectivity index (χ4n) is 1.82. The largest absolute Gasteiger partial charge is 0.288 e. The molecule has 0 aromatic heterocycles. The number of benzene rings is 2. The van der Waals surface area contributed by atoms with Crippen LogP contribution in [0.2, 0.25) is 5.02 Å². The molecule has 0 N–H and O–H groups in total. The molecule has 0 amide bonds. The van der Waals surface area contributed by atoms with E-state index in [4.69, 9.17) is 16.9 Å². The van der Waals surface area contributed by atoms with Crippen LogP contribution in [0.15, 0.2) is 54.1 Å². The van der Waals surface area contributed by atoms with Crippen molar-refractivity contribution in [3.63, 3.8) is 0 Å². The van der Waals surface area contributed by atoms with Crippen molar-refractivity contribution < 1.29 is 9.72 Å². The first-order chi connectivity index (χ1) is 10.5. The number of halogens is 1. The predicted octanol–water partition coefficient (Wildman–Crippen LogP) is 4.04. The van der Waals surface area contributed by atoms with Crippen LogP contribution in [-0.4, -0.2) is 10.7 Å². The van der Waals surface area contributed by atoms with E-state index in [1.165, 1.54) is 24.3 Å². The molecule has 6 heteroatoms. The average molecular weight is 313 g/mol. The Morgan fingerprint density at radius 3 is 2.50 bits per heavy atom. The minimum atomic E-state index is -0.620. The molecule has 0 atom stereocenters. The number of hydrogen-bond donors (Lipinski definition) is 0. The van der Waals surface area contributed by atoms with Gasteiger partial charge in [-0.15, -0.1) is 0 Å². The van der Waals surface area contributed by atoms with Crippen LogP contribution >= 0.6 is 11.6 Å².